The molecule has 0 spiro atoms. The van der Waals surface area contributed by atoms with Gasteiger partial charge in [-0.15, -0.1) is 10.2 Å². The van der Waals surface area contributed by atoms with E-state index in [9.17, 15) is 8.78 Å². The maximum atomic E-state index is 14.3. The Morgan fingerprint density at radius 2 is 1.81 bits per heavy atom. The summed E-state index contributed by atoms with van der Waals surface area (Å²) in [6, 6.07) is 7.72. The number of anilines is 2. The van der Waals surface area contributed by atoms with Crippen molar-refractivity contribution in [3.8, 4) is 28.5 Å². The number of hydrogen-bond acceptors (Lipinski definition) is 7. The zero-order chi connectivity index (χ0) is 21.4. The summed E-state index contributed by atoms with van der Waals surface area (Å²) in [4.78, 5) is 15.6. The first kappa shape index (κ1) is 19.0. The topological polar surface area (TPSA) is 98.6 Å². The maximum absolute atomic E-state index is 14.3. The predicted octanol–water partition coefficient (Wildman–Crippen LogP) is 3.25. The molecule has 0 aliphatic carbocycles. The minimum absolute atomic E-state index is 0.0526. The van der Waals surface area contributed by atoms with E-state index < -0.39 is 11.6 Å². The molecule has 5 rings (SSSR count). The average Bonchev–Trinajstić information content (AvgIpc) is 3.49. The predicted molar refractivity (Wildman–Crippen MR) is 111 cm³/mol. The highest BCUT2D eigenvalue weighted by molar-refractivity contribution is 5.70. The molecule has 1 fully saturated rings. The molecule has 0 radical (unpaired) electrons. The highest BCUT2D eigenvalue weighted by Crippen LogP contribution is 2.28. The van der Waals surface area contributed by atoms with Crippen LogP contribution < -0.4 is 10.6 Å². The van der Waals surface area contributed by atoms with Crippen molar-refractivity contribution in [1.29, 1.82) is 0 Å². The molecule has 31 heavy (non-hydrogen) atoms. The van der Waals surface area contributed by atoms with E-state index in [-0.39, 0.29) is 23.0 Å². The van der Waals surface area contributed by atoms with Crippen LogP contribution in [0.15, 0.2) is 49.1 Å². The van der Waals surface area contributed by atoms with E-state index in [0.29, 0.717) is 5.69 Å². The van der Waals surface area contributed by atoms with E-state index in [1.54, 1.807) is 6.20 Å². The van der Waals surface area contributed by atoms with Crippen LogP contribution in [0, 0.1) is 11.6 Å². The summed E-state index contributed by atoms with van der Waals surface area (Å²) >= 11 is 0. The molecule has 1 aromatic carbocycles. The normalized spacial score (nSPS) is 13.7. The van der Waals surface area contributed by atoms with Gasteiger partial charge in [0.15, 0.2) is 29.0 Å². The van der Waals surface area contributed by atoms with Crippen molar-refractivity contribution in [3.05, 3.63) is 60.7 Å². The van der Waals surface area contributed by atoms with Crippen LogP contribution in [-0.4, -0.2) is 42.8 Å². The lowest BCUT2D eigenvalue weighted by molar-refractivity contribution is 0.504. The molecule has 4 heterocycles. The molecule has 156 valence electrons. The third-order valence-corrected chi connectivity index (χ3v) is 5.22. The summed E-state index contributed by atoms with van der Waals surface area (Å²) in [6.45, 7) is 2.01. The van der Waals surface area contributed by atoms with Gasteiger partial charge in [-0.3, -0.25) is 4.57 Å². The van der Waals surface area contributed by atoms with Crippen LogP contribution in [0.4, 0.5) is 20.4 Å². The van der Waals surface area contributed by atoms with Gasteiger partial charge in [-0.25, -0.2) is 23.7 Å². The quantitative estimate of drug-likeness (QED) is 0.541. The summed E-state index contributed by atoms with van der Waals surface area (Å²) in [7, 11) is 0. The molecule has 0 saturated carbocycles. The summed E-state index contributed by atoms with van der Waals surface area (Å²) in [5.41, 5.74) is 7.47. The fourth-order valence-corrected chi connectivity index (χ4v) is 3.62. The molecule has 1 aliphatic heterocycles. The van der Waals surface area contributed by atoms with Crippen molar-refractivity contribution >= 4 is 11.6 Å². The molecule has 0 bridgehead atoms. The van der Waals surface area contributed by atoms with Crippen molar-refractivity contribution in [1.82, 2.24) is 29.7 Å². The van der Waals surface area contributed by atoms with Crippen molar-refractivity contribution in [2.45, 2.75) is 12.8 Å². The van der Waals surface area contributed by atoms with E-state index in [1.807, 2.05) is 12.1 Å². The summed E-state index contributed by atoms with van der Waals surface area (Å²) in [5, 5.41) is 7.84. The van der Waals surface area contributed by atoms with Gasteiger partial charge in [0.25, 0.3) is 0 Å². The molecule has 0 atom stereocenters. The number of halogens is 2. The third-order valence-electron chi connectivity index (χ3n) is 5.22. The summed E-state index contributed by atoms with van der Waals surface area (Å²) < 4.78 is 29.4. The highest BCUT2D eigenvalue weighted by atomic mass is 19.2. The number of hydrogen-bond donors (Lipinski definition) is 1. The summed E-state index contributed by atoms with van der Waals surface area (Å²) in [6.07, 6.45) is 6.88. The van der Waals surface area contributed by atoms with Gasteiger partial charge in [-0.2, -0.15) is 0 Å². The van der Waals surface area contributed by atoms with Crippen molar-refractivity contribution in [2.75, 3.05) is 23.7 Å². The first-order valence-electron chi connectivity index (χ1n) is 9.80. The Morgan fingerprint density at radius 3 is 2.58 bits per heavy atom. The van der Waals surface area contributed by atoms with E-state index in [1.165, 1.54) is 42.1 Å². The van der Waals surface area contributed by atoms with Crippen molar-refractivity contribution in [2.24, 2.45) is 0 Å². The second-order valence-corrected chi connectivity index (χ2v) is 7.19. The molecule has 8 nitrogen and oxygen atoms in total. The lowest BCUT2D eigenvalue weighted by Crippen LogP contribution is -2.18. The van der Waals surface area contributed by atoms with Crippen LogP contribution in [0.3, 0.4) is 0 Å². The number of benzene rings is 1. The molecule has 4 aromatic rings. The third kappa shape index (κ3) is 3.45. The van der Waals surface area contributed by atoms with Crippen molar-refractivity contribution < 1.29 is 8.78 Å². The Hall–Kier alpha value is -3.95. The van der Waals surface area contributed by atoms with Gasteiger partial charge in [0, 0.05) is 24.8 Å². The van der Waals surface area contributed by atoms with Crippen molar-refractivity contribution in [3.63, 3.8) is 0 Å². The average molecular weight is 420 g/mol. The maximum Gasteiger partial charge on any atom is 0.190 e. The number of rotatable bonds is 4. The largest absolute Gasteiger partial charge is 0.382 e. The van der Waals surface area contributed by atoms with E-state index in [2.05, 4.69) is 30.0 Å². The Balaban J connectivity index is 1.53. The molecule has 3 aromatic heterocycles. The number of nitrogen functional groups attached to an aromatic ring is 1. The second kappa shape index (κ2) is 7.71. The molecule has 0 amide bonds. The van der Waals surface area contributed by atoms with Crippen LogP contribution in [-0.2, 0) is 0 Å². The van der Waals surface area contributed by atoms with Crippen LogP contribution in [0.2, 0.25) is 0 Å². The summed E-state index contributed by atoms with van der Waals surface area (Å²) in [5.74, 6) is -0.831. The van der Waals surface area contributed by atoms with E-state index in [0.717, 1.165) is 30.5 Å². The molecule has 1 aliphatic rings. The molecule has 10 heteroatoms. The van der Waals surface area contributed by atoms with Gasteiger partial charge in [0.05, 0.1) is 17.6 Å². The number of nitrogens with two attached hydrogens (primary N) is 1. The number of aromatic nitrogens is 6. The van der Waals surface area contributed by atoms with Crippen LogP contribution in [0.25, 0.3) is 28.5 Å². The fourth-order valence-electron chi connectivity index (χ4n) is 3.62. The molecular formula is C21H18F2N8. The molecule has 0 unspecified atom stereocenters. The van der Waals surface area contributed by atoms with Gasteiger partial charge in [0.1, 0.15) is 12.1 Å². The zero-order valence-electron chi connectivity index (χ0n) is 16.4. The first-order valence-corrected chi connectivity index (χ1v) is 9.80. The minimum atomic E-state index is -1.02. The van der Waals surface area contributed by atoms with Crippen LogP contribution >= 0.6 is 0 Å². The first-order chi connectivity index (χ1) is 15.1. The Bertz CT molecular complexity index is 1230. The van der Waals surface area contributed by atoms with Gasteiger partial charge in [-0.1, -0.05) is 6.07 Å². The Morgan fingerprint density at radius 1 is 0.968 bits per heavy atom. The van der Waals surface area contributed by atoms with Gasteiger partial charge in [-0.05, 0) is 37.1 Å². The SMILES string of the molecule is Nc1ncc(-c2ccc(N3CCCC3)nc2)nc1-c1nncn1-c1cccc(F)c1F. The lowest BCUT2D eigenvalue weighted by atomic mass is 10.2. The molecule has 1 saturated heterocycles. The minimum Gasteiger partial charge on any atom is -0.382 e. The van der Waals surface area contributed by atoms with Gasteiger partial charge in [0.2, 0.25) is 0 Å². The number of nitrogens with zero attached hydrogens (tertiary/aromatic N) is 7. The van der Waals surface area contributed by atoms with E-state index >= 15 is 0 Å². The van der Waals surface area contributed by atoms with Crippen LogP contribution in [0.1, 0.15) is 12.8 Å². The zero-order valence-corrected chi connectivity index (χ0v) is 16.4. The fraction of sp³-hybridized carbons (Fsp3) is 0.190. The smallest absolute Gasteiger partial charge is 0.190 e. The van der Waals surface area contributed by atoms with Gasteiger partial charge >= 0.3 is 0 Å². The lowest BCUT2D eigenvalue weighted by Gasteiger charge is -2.16. The standard InChI is InChI=1S/C21H18F2N8/c22-14-4-3-5-16(18(14)23)31-12-27-29-21(31)19-20(24)26-11-15(28-19)13-6-7-17(25-10-13)30-8-1-2-9-30/h3-7,10-12H,1-2,8-9H2,(H2,24,26). The molecular weight excluding hydrogens is 402 g/mol. The highest BCUT2D eigenvalue weighted by Gasteiger charge is 2.20. The van der Waals surface area contributed by atoms with Crippen LogP contribution in [0.5, 0.6) is 0 Å². The second-order valence-electron chi connectivity index (χ2n) is 7.19. The molecule has 2 N–H and O–H groups in total. The van der Waals surface area contributed by atoms with Gasteiger partial charge < -0.3 is 10.6 Å². The number of pyridine rings is 1. The van der Waals surface area contributed by atoms with E-state index in [4.69, 9.17) is 5.73 Å². The Kier molecular flexibility index (Phi) is 4.73. The Labute approximate surface area is 176 Å². The monoisotopic (exact) mass is 420 g/mol.